The van der Waals surface area contributed by atoms with E-state index in [1.54, 1.807) is 12.1 Å². The van der Waals surface area contributed by atoms with Crippen LogP contribution in [0, 0.1) is 11.6 Å². The first-order chi connectivity index (χ1) is 8.15. The third kappa shape index (κ3) is 2.93. The summed E-state index contributed by atoms with van der Waals surface area (Å²) in [6.07, 6.45) is 0. The van der Waals surface area contributed by atoms with Crippen molar-refractivity contribution in [2.75, 3.05) is 5.32 Å². The van der Waals surface area contributed by atoms with Gasteiger partial charge in [0.15, 0.2) is 0 Å². The summed E-state index contributed by atoms with van der Waals surface area (Å²) in [6.45, 7) is 0.189. The summed E-state index contributed by atoms with van der Waals surface area (Å²) in [7, 11) is 0. The van der Waals surface area contributed by atoms with Crippen LogP contribution in [0.15, 0.2) is 42.5 Å². The van der Waals surface area contributed by atoms with Gasteiger partial charge in [-0.15, -0.1) is 0 Å². The lowest BCUT2D eigenvalue weighted by Gasteiger charge is -2.07. The lowest BCUT2D eigenvalue weighted by Crippen LogP contribution is -2.02. The Bertz CT molecular complexity index is 511. The highest BCUT2D eigenvalue weighted by atomic mass is 19.1. The third-order valence-electron chi connectivity index (χ3n) is 2.36. The van der Waals surface area contributed by atoms with Crippen LogP contribution in [0.4, 0.5) is 14.5 Å². The highest BCUT2D eigenvalue weighted by Gasteiger charge is 2.03. The number of aromatic hydroxyl groups is 1. The quantitative estimate of drug-likeness (QED) is 0.800. The van der Waals surface area contributed by atoms with Crippen LogP contribution in [0.3, 0.4) is 0 Å². The smallest absolute Gasteiger partial charge is 0.128 e. The van der Waals surface area contributed by atoms with Gasteiger partial charge >= 0.3 is 0 Å². The zero-order valence-corrected chi connectivity index (χ0v) is 8.95. The molecule has 0 saturated heterocycles. The second-order valence-electron chi connectivity index (χ2n) is 3.64. The number of hydrogen-bond donors (Lipinski definition) is 2. The van der Waals surface area contributed by atoms with E-state index in [1.807, 2.05) is 0 Å². The van der Waals surface area contributed by atoms with E-state index in [-0.39, 0.29) is 17.9 Å². The molecule has 0 bridgehead atoms. The predicted molar refractivity (Wildman–Crippen MR) is 61.8 cm³/mol. The van der Waals surface area contributed by atoms with Crippen LogP contribution in [0.1, 0.15) is 5.56 Å². The maximum atomic E-state index is 13.3. The minimum absolute atomic E-state index is 0.160. The largest absolute Gasteiger partial charge is 0.508 e. The van der Waals surface area contributed by atoms with Gasteiger partial charge in [0.25, 0.3) is 0 Å². The van der Waals surface area contributed by atoms with Crippen LogP contribution in [0.2, 0.25) is 0 Å². The standard InChI is InChI=1S/C13H11F2NO/c14-10-1-6-13(15)9(7-10)8-16-11-2-4-12(17)5-3-11/h1-7,16-17H,8H2. The van der Waals surface area contributed by atoms with Crippen LogP contribution in [0.5, 0.6) is 5.75 Å². The second-order valence-corrected chi connectivity index (χ2v) is 3.64. The van der Waals surface area contributed by atoms with Gasteiger partial charge in [0.05, 0.1) is 0 Å². The normalized spacial score (nSPS) is 10.2. The Hall–Kier alpha value is -2.10. The third-order valence-corrected chi connectivity index (χ3v) is 2.36. The van der Waals surface area contributed by atoms with Gasteiger partial charge < -0.3 is 10.4 Å². The van der Waals surface area contributed by atoms with Crippen molar-refractivity contribution in [1.29, 1.82) is 0 Å². The number of phenolic OH excluding ortho intramolecular Hbond substituents is 1. The molecular weight excluding hydrogens is 224 g/mol. The fourth-order valence-corrected chi connectivity index (χ4v) is 1.46. The Balaban J connectivity index is 2.07. The van der Waals surface area contributed by atoms with Crippen LogP contribution in [-0.2, 0) is 6.54 Å². The van der Waals surface area contributed by atoms with E-state index in [1.165, 1.54) is 12.1 Å². The number of anilines is 1. The summed E-state index contributed by atoms with van der Waals surface area (Å²) in [5, 5.41) is 12.0. The molecule has 0 fully saturated rings. The van der Waals surface area contributed by atoms with Gasteiger partial charge in [0.2, 0.25) is 0 Å². The van der Waals surface area contributed by atoms with Gasteiger partial charge in [-0.3, -0.25) is 0 Å². The molecule has 0 aliphatic heterocycles. The number of nitrogens with one attached hydrogen (secondary N) is 1. The summed E-state index contributed by atoms with van der Waals surface area (Å²) >= 11 is 0. The van der Waals surface area contributed by atoms with E-state index < -0.39 is 11.6 Å². The molecule has 17 heavy (non-hydrogen) atoms. The number of hydrogen-bond acceptors (Lipinski definition) is 2. The number of halogens is 2. The van der Waals surface area contributed by atoms with E-state index in [0.29, 0.717) is 0 Å². The van der Waals surface area contributed by atoms with Crippen LogP contribution >= 0.6 is 0 Å². The van der Waals surface area contributed by atoms with Gasteiger partial charge in [-0.2, -0.15) is 0 Å². The summed E-state index contributed by atoms with van der Waals surface area (Å²) < 4.78 is 26.2. The Kier molecular flexibility index (Phi) is 3.23. The van der Waals surface area contributed by atoms with Gasteiger partial charge in [-0.1, -0.05) is 0 Å². The molecule has 0 aliphatic carbocycles. The first-order valence-electron chi connectivity index (χ1n) is 5.12. The molecule has 0 heterocycles. The lowest BCUT2D eigenvalue weighted by atomic mass is 10.2. The molecule has 4 heteroatoms. The first kappa shape index (κ1) is 11.4. The van der Waals surface area contributed by atoms with E-state index in [2.05, 4.69) is 5.32 Å². The SMILES string of the molecule is Oc1ccc(NCc2cc(F)ccc2F)cc1. The molecule has 0 amide bonds. The van der Waals surface area contributed by atoms with E-state index in [0.717, 1.165) is 23.9 Å². The van der Waals surface area contributed by atoms with Crippen LogP contribution in [0.25, 0.3) is 0 Å². The number of benzene rings is 2. The van der Waals surface area contributed by atoms with Crippen molar-refractivity contribution in [1.82, 2.24) is 0 Å². The van der Waals surface area contributed by atoms with Gasteiger partial charge in [-0.05, 0) is 42.5 Å². The summed E-state index contributed by atoms with van der Waals surface area (Å²) in [4.78, 5) is 0. The van der Waals surface area contributed by atoms with Crippen molar-refractivity contribution in [3.05, 3.63) is 59.7 Å². The summed E-state index contributed by atoms with van der Waals surface area (Å²) in [6, 6.07) is 9.69. The molecule has 2 aromatic carbocycles. The molecule has 0 spiro atoms. The van der Waals surface area contributed by atoms with Gasteiger partial charge in [-0.25, -0.2) is 8.78 Å². The van der Waals surface area contributed by atoms with Crippen molar-refractivity contribution in [2.45, 2.75) is 6.54 Å². The predicted octanol–water partition coefficient (Wildman–Crippen LogP) is 3.28. The Morgan fingerprint density at radius 2 is 1.71 bits per heavy atom. The summed E-state index contributed by atoms with van der Waals surface area (Å²) in [5.74, 6) is -0.751. The molecular formula is C13H11F2NO. The molecule has 88 valence electrons. The zero-order chi connectivity index (χ0) is 12.3. The fraction of sp³-hybridized carbons (Fsp3) is 0.0769. The minimum atomic E-state index is -0.464. The number of rotatable bonds is 3. The zero-order valence-electron chi connectivity index (χ0n) is 8.95. The topological polar surface area (TPSA) is 32.3 Å². The monoisotopic (exact) mass is 235 g/mol. The molecule has 0 radical (unpaired) electrons. The van der Waals surface area contributed by atoms with Crippen LogP contribution in [-0.4, -0.2) is 5.11 Å². The van der Waals surface area contributed by atoms with Crippen molar-refractivity contribution in [3.8, 4) is 5.75 Å². The maximum Gasteiger partial charge on any atom is 0.128 e. The molecule has 0 aromatic heterocycles. The molecule has 0 aliphatic rings. The Morgan fingerprint density at radius 3 is 2.41 bits per heavy atom. The average molecular weight is 235 g/mol. The molecule has 0 saturated carbocycles. The van der Waals surface area contributed by atoms with Crippen molar-refractivity contribution in [2.24, 2.45) is 0 Å². The molecule has 2 aromatic rings. The minimum Gasteiger partial charge on any atom is -0.508 e. The molecule has 2 N–H and O–H groups in total. The van der Waals surface area contributed by atoms with Crippen molar-refractivity contribution in [3.63, 3.8) is 0 Å². The highest BCUT2D eigenvalue weighted by Crippen LogP contribution is 2.16. The van der Waals surface area contributed by atoms with E-state index in [9.17, 15) is 8.78 Å². The Morgan fingerprint density at radius 1 is 1.00 bits per heavy atom. The molecule has 0 atom stereocenters. The molecule has 2 rings (SSSR count). The van der Waals surface area contributed by atoms with Crippen molar-refractivity contribution >= 4 is 5.69 Å². The van der Waals surface area contributed by atoms with Crippen LogP contribution < -0.4 is 5.32 Å². The van der Waals surface area contributed by atoms with E-state index in [4.69, 9.17) is 5.11 Å². The van der Waals surface area contributed by atoms with E-state index >= 15 is 0 Å². The lowest BCUT2D eigenvalue weighted by molar-refractivity contribution is 0.475. The average Bonchev–Trinajstić information content (AvgIpc) is 2.32. The second kappa shape index (κ2) is 4.82. The molecule has 0 unspecified atom stereocenters. The summed E-state index contributed by atoms with van der Waals surface area (Å²) in [5.41, 5.74) is 0.990. The first-order valence-corrected chi connectivity index (χ1v) is 5.12. The molecule has 2 nitrogen and oxygen atoms in total. The number of phenols is 1. The van der Waals surface area contributed by atoms with Gasteiger partial charge in [0.1, 0.15) is 17.4 Å². The van der Waals surface area contributed by atoms with Gasteiger partial charge in [0, 0.05) is 17.8 Å². The highest BCUT2D eigenvalue weighted by molar-refractivity contribution is 5.46. The fourth-order valence-electron chi connectivity index (χ4n) is 1.46. The Labute approximate surface area is 97.5 Å². The van der Waals surface area contributed by atoms with Crippen molar-refractivity contribution < 1.29 is 13.9 Å². The maximum absolute atomic E-state index is 13.3.